The molecule has 0 bridgehead atoms. The third-order valence-electron chi connectivity index (χ3n) is 4.54. The van der Waals surface area contributed by atoms with E-state index < -0.39 is 0 Å². The van der Waals surface area contributed by atoms with E-state index in [1.54, 1.807) is 6.07 Å². The molecule has 0 spiro atoms. The summed E-state index contributed by atoms with van der Waals surface area (Å²) in [5, 5.41) is 11.1. The number of likely N-dealkylation sites (tertiary alicyclic amines) is 1. The van der Waals surface area contributed by atoms with Crippen molar-refractivity contribution in [3.63, 3.8) is 0 Å². The lowest BCUT2D eigenvalue weighted by atomic mass is 9.86. The highest BCUT2D eigenvalue weighted by Crippen LogP contribution is 2.39. The van der Waals surface area contributed by atoms with E-state index in [0.717, 1.165) is 48.0 Å². The summed E-state index contributed by atoms with van der Waals surface area (Å²) in [6, 6.07) is 2.03. The molecule has 0 aromatic heterocycles. The molecule has 0 saturated carbocycles. The van der Waals surface area contributed by atoms with Crippen molar-refractivity contribution in [3.05, 3.63) is 31.8 Å². The Labute approximate surface area is 138 Å². The zero-order valence-corrected chi connectivity index (χ0v) is 14.1. The summed E-state index contributed by atoms with van der Waals surface area (Å²) in [7, 11) is 0. The molecule has 3 rings (SSSR count). The first-order valence-corrected chi connectivity index (χ1v) is 7.85. The van der Waals surface area contributed by atoms with Gasteiger partial charge < -0.3 is 10.6 Å². The summed E-state index contributed by atoms with van der Waals surface area (Å²) >= 11 is 3.47. The molecule has 1 atom stereocenters. The predicted octanol–water partition coefficient (Wildman–Crippen LogP) is 3.31. The second kappa shape index (κ2) is 6.50. The number of nitrogen functional groups attached to an aromatic ring is 1. The average Bonchev–Trinajstić information content (AvgIpc) is 2.96. The van der Waals surface area contributed by atoms with E-state index in [4.69, 9.17) is 5.73 Å². The Morgan fingerprint density at radius 3 is 2.62 bits per heavy atom. The SMILES string of the molecule is Cl.Nc1c([N+](=O)[O-])cc(Br)c2c1CC(N1CCCC1)CC2. The number of benzene rings is 1. The Morgan fingerprint density at radius 1 is 1.33 bits per heavy atom. The van der Waals surface area contributed by atoms with E-state index in [1.165, 1.54) is 12.8 Å². The predicted molar refractivity (Wildman–Crippen MR) is 89.1 cm³/mol. The average molecular weight is 377 g/mol. The zero-order chi connectivity index (χ0) is 14.3. The number of halogens is 2. The van der Waals surface area contributed by atoms with Crippen LogP contribution in [0.15, 0.2) is 10.5 Å². The van der Waals surface area contributed by atoms with E-state index in [0.29, 0.717) is 11.7 Å². The zero-order valence-electron chi connectivity index (χ0n) is 11.7. The highest BCUT2D eigenvalue weighted by atomic mass is 79.9. The maximum atomic E-state index is 11.1. The van der Waals surface area contributed by atoms with E-state index >= 15 is 0 Å². The summed E-state index contributed by atoms with van der Waals surface area (Å²) in [6.45, 7) is 2.30. The van der Waals surface area contributed by atoms with Gasteiger partial charge in [-0.25, -0.2) is 0 Å². The maximum Gasteiger partial charge on any atom is 0.293 e. The lowest BCUT2D eigenvalue weighted by Gasteiger charge is -2.33. The fourth-order valence-corrected chi connectivity index (χ4v) is 4.12. The number of nitrogens with zero attached hydrogens (tertiary/aromatic N) is 2. The van der Waals surface area contributed by atoms with Gasteiger partial charge in [0.1, 0.15) is 5.69 Å². The number of anilines is 1. The van der Waals surface area contributed by atoms with Gasteiger partial charge in [-0.15, -0.1) is 12.4 Å². The number of fused-ring (bicyclic) bond motifs is 1. The van der Waals surface area contributed by atoms with Gasteiger partial charge in [0.15, 0.2) is 0 Å². The summed E-state index contributed by atoms with van der Waals surface area (Å²) in [6.07, 6.45) is 5.42. The largest absolute Gasteiger partial charge is 0.393 e. The molecule has 0 radical (unpaired) electrons. The second-order valence-electron chi connectivity index (χ2n) is 5.65. The number of nitrogens with two attached hydrogens (primary N) is 1. The topological polar surface area (TPSA) is 72.4 Å². The number of hydrogen-bond acceptors (Lipinski definition) is 4. The van der Waals surface area contributed by atoms with Crippen LogP contribution in [0.3, 0.4) is 0 Å². The Morgan fingerprint density at radius 2 is 2.00 bits per heavy atom. The minimum absolute atomic E-state index is 0. The fourth-order valence-electron chi connectivity index (χ4n) is 3.47. The first-order valence-electron chi connectivity index (χ1n) is 7.06. The molecule has 1 saturated heterocycles. The first kappa shape index (κ1) is 16.5. The van der Waals surface area contributed by atoms with Crippen LogP contribution in [0.5, 0.6) is 0 Å². The Balaban J connectivity index is 0.00000161. The minimum atomic E-state index is -0.389. The molecule has 7 heteroatoms. The molecule has 1 aromatic rings. The maximum absolute atomic E-state index is 11.1. The number of nitro groups is 1. The third-order valence-corrected chi connectivity index (χ3v) is 5.25. The molecule has 2 N–H and O–H groups in total. The van der Waals surface area contributed by atoms with Gasteiger partial charge in [0.2, 0.25) is 0 Å². The standard InChI is InChI=1S/C14H18BrN3O2.ClH/c15-12-8-13(18(19)20)14(16)11-7-9(3-4-10(11)12)17-5-1-2-6-17;/h8-9H,1-7,16H2;1H. The fraction of sp³-hybridized carbons (Fsp3) is 0.571. The molecule has 1 aliphatic heterocycles. The Hall–Kier alpha value is -0.850. The van der Waals surface area contributed by atoms with E-state index in [2.05, 4.69) is 20.8 Å². The van der Waals surface area contributed by atoms with Crippen LogP contribution in [-0.2, 0) is 12.8 Å². The summed E-state index contributed by atoms with van der Waals surface area (Å²) in [5.41, 5.74) is 8.57. The van der Waals surface area contributed by atoms with Crippen LogP contribution in [0.4, 0.5) is 11.4 Å². The van der Waals surface area contributed by atoms with Gasteiger partial charge in [-0.2, -0.15) is 0 Å². The third kappa shape index (κ3) is 3.03. The summed E-state index contributed by atoms with van der Waals surface area (Å²) in [5.74, 6) is 0. The molecule has 1 heterocycles. The van der Waals surface area contributed by atoms with Gasteiger partial charge in [-0.05, 0) is 56.3 Å². The van der Waals surface area contributed by atoms with E-state index in [-0.39, 0.29) is 23.0 Å². The smallest absolute Gasteiger partial charge is 0.293 e. The second-order valence-corrected chi connectivity index (χ2v) is 6.50. The molecule has 21 heavy (non-hydrogen) atoms. The van der Waals surface area contributed by atoms with Crippen LogP contribution >= 0.6 is 28.3 Å². The summed E-state index contributed by atoms with van der Waals surface area (Å²) in [4.78, 5) is 13.2. The molecular weight excluding hydrogens is 358 g/mol. The van der Waals surface area contributed by atoms with Crippen LogP contribution in [0.1, 0.15) is 30.4 Å². The molecule has 2 aliphatic rings. The van der Waals surface area contributed by atoms with Crippen molar-refractivity contribution >= 4 is 39.7 Å². The molecule has 5 nitrogen and oxygen atoms in total. The van der Waals surface area contributed by atoms with E-state index in [9.17, 15) is 10.1 Å². The van der Waals surface area contributed by atoms with Gasteiger partial charge in [-0.1, -0.05) is 15.9 Å². The van der Waals surface area contributed by atoms with Gasteiger partial charge in [0.25, 0.3) is 5.69 Å². The van der Waals surface area contributed by atoms with Crippen LogP contribution in [-0.4, -0.2) is 29.0 Å². The molecule has 1 aliphatic carbocycles. The van der Waals surface area contributed by atoms with Gasteiger partial charge in [0.05, 0.1) is 4.92 Å². The lowest BCUT2D eigenvalue weighted by molar-refractivity contribution is -0.384. The molecule has 1 fully saturated rings. The van der Waals surface area contributed by atoms with Crippen molar-refractivity contribution in [1.29, 1.82) is 0 Å². The first-order chi connectivity index (χ1) is 9.58. The van der Waals surface area contributed by atoms with Crippen molar-refractivity contribution in [2.24, 2.45) is 0 Å². The van der Waals surface area contributed by atoms with Gasteiger partial charge in [-0.3, -0.25) is 10.1 Å². The number of rotatable bonds is 2. The molecule has 0 amide bonds. The van der Waals surface area contributed by atoms with Crippen molar-refractivity contribution in [1.82, 2.24) is 4.90 Å². The highest BCUT2D eigenvalue weighted by molar-refractivity contribution is 9.10. The Bertz CT molecular complexity index is 562. The normalized spacial score (nSPS) is 21.7. The van der Waals surface area contributed by atoms with E-state index in [1.807, 2.05) is 0 Å². The van der Waals surface area contributed by atoms with Gasteiger partial charge in [0, 0.05) is 16.6 Å². The van der Waals surface area contributed by atoms with Crippen molar-refractivity contribution < 1.29 is 4.92 Å². The lowest BCUT2D eigenvalue weighted by Crippen LogP contribution is -2.37. The van der Waals surface area contributed by atoms with Crippen molar-refractivity contribution in [3.8, 4) is 0 Å². The molecular formula is C14H19BrClN3O2. The Kier molecular flexibility index (Phi) is 5.11. The minimum Gasteiger partial charge on any atom is -0.393 e. The molecule has 116 valence electrons. The van der Waals surface area contributed by atoms with Crippen molar-refractivity contribution in [2.75, 3.05) is 18.8 Å². The van der Waals surface area contributed by atoms with Crippen LogP contribution in [0.2, 0.25) is 0 Å². The van der Waals surface area contributed by atoms with Crippen LogP contribution < -0.4 is 5.73 Å². The molecule has 1 unspecified atom stereocenters. The number of hydrogen-bond donors (Lipinski definition) is 1. The van der Waals surface area contributed by atoms with Crippen LogP contribution in [0, 0.1) is 10.1 Å². The van der Waals surface area contributed by atoms with Crippen LogP contribution in [0.25, 0.3) is 0 Å². The van der Waals surface area contributed by atoms with Crippen molar-refractivity contribution in [2.45, 2.75) is 38.1 Å². The summed E-state index contributed by atoms with van der Waals surface area (Å²) < 4.78 is 0.827. The van der Waals surface area contributed by atoms with Gasteiger partial charge >= 0.3 is 0 Å². The monoisotopic (exact) mass is 375 g/mol. The highest BCUT2D eigenvalue weighted by Gasteiger charge is 2.31. The number of nitro benzene ring substituents is 1. The quantitative estimate of drug-likeness (QED) is 0.488. The molecule has 1 aromatic carbocycles.